The van der Waals surface area contributed by atoms with Crippen LogP contribution in [-0.4, -0.2) is 22.6 Å². The molecule has 1 saturated carbocycles. The Hall–Kier alpha value is -0.830. The second kappa shape index (κ2) is 5.51. The standard InChI is InChI=1S/C16H26ClN3/c1-10(2)9-20(12-7-8-12)14-11(3)13(17)18-15(19-14)16(4,5)6/h10,12H,7-9H2,1-6H3. The maximum Gasteiger partial charge on any atom is 0.137 e. The molecule has 1 aromatic rings. The molecule has 0 spiro atoms. The Morgan fingerprint density at radius 2 is 1.85 bits per heavy atom. The predicted octanol–water partition coefficient (Wildman–Crippen LogP) is 4.36. The summed E-state index contributed by atoms with van der Waals surface area (Å²) < 4.78 is 0. The van der Waals surface area contributed by atoms with Gasteiger partial charge < -0.3 is 4.90 Å². The van der Waals surface area contributed by atoms with Crippen molar-refractivity contribution in [1.82, 2.24) is 9.97 Å². The Morgan fingerprint density at radius 3 is 2.30 bits per heavy atom. The summed E-state index contributed by atoms with van der Waals surface area (Å²) in [5.74, 6) is 2.48. The Balaban J connectivity index is 2.45. The van der Waals surface area contributed by atoms with E-state index in [0.29, 0.717) is 17.1 Å². The summed E-state index contributed by atoms with van der Waals surface area (Å²) in [4.78, 5) is 11.8. The van der Waals surface area contributed by atoms with Crippen LogP contribution in [0.25, 0.3) is 0 Å². The average molecular weight is 296 g/mol. The second-order valence-corrected chi connectivity index (χ2v) is 7.67. The van der Waals surface area contributed by atoms with Crippen LogP contribution in [0.15, 0.2) is 0 Å². The molecule has 0 N–H and O–H groups in total. The van der Waals surface area contributed by atoms with Crippen molar-refractivity contribution < 1.29 is 0 Å². The minimum Gasteiger partial charge on any atom is -0.353 e. The molecule has 20 heavy (non-hydrogen) atoms. The normalized spacial score (nSPS) is 15.8. The largest absolute Gasteiger partial charge is 0.353 e. The lowest BCUT2D eigenvalue weighted by Gasteiger charge is -2.29. The third-order valence-electron chi connectivity index (χ3n) is 3.55. The minimum absolute atomic E-state index is 0.0842. The zero-order valence-electron chi connectivity index (χ0n) is 13.5. The highest BCUT2D eigenvalue weighted by Crippen LogP contribution is 2.35. The van der Waals surface area contributed by atoms with Crippen molar-refractivity contribution in [2.24, 2.45) is 5.92 Å². The van der Waals surface area contributed by atoms with Gasteiger partial charge in [0, 0.05) is 23.6 Å². The summed E-state index contributed by atoms with van der Waals surface area (Å²) in [7, 11) is 0. The number of hydrogen-bond acceptors (Lipinski definition) is 3. The predicted molar refractivity (Wildman–Crippen MR) is 85.7 cm³/mol. The molecule has 0 unspecified atom stereocenters. The van der Waals surface area contributed by atoms with Gasteiger partial charge in [-0.3, -0.25) is 0 Å². The van der Waals surface area contributed by atoms with Crippen molar-refractivity contribution in [2.45, 2.75) is 65.8 Å². The number of anilines is 1. The summed E-state index contributed by atoms with van der Waals surface area (Å²) in [6, 6.07) is 0.634. The third-order valence-corrected chi connectivity index (χ3v) is 3.92. The lowest BCUT2D eigenvalue weighted by atomic mass is 9.95. The van der Waals surface area contributed by atoms with Crippen LogP contribution < -0.4 is 4.90 Å². The van der Waals surface area contributed by atoms with E-state index < -0.39 is 0 Å². The van der Waals surface area contributed by atoms with Crippen molar-refractivity contribution >= 4 is 17.4 Å². The molecule has 1 aliphatic rings. The summed E-state index contributed by atoms with van der Waals surface area (Å²) in [6.07, 6.45) is 2.53. The van der Waals surface area contributed by atoms with Gasteiger partial charge in [0.1, 0.15) is 16.8 Å². The minimum atomic E-state index is -0.0842. The van der Waals surface area contributed by atoms with Gasteiger partial charge in [-0.25, -0.2) is 9.97 Å². The zero-order valence-corrected chi connectivity index (χ0v) is 14.3. The maximum atomic E-state index is 6.35. The molecule has 0 bridgehead atoms. The highest BCUT2D eigenvalue weighted by molar-refractivity contribution is 6.30. The van der Waals surface area contributed by atoms with E-state index in [4.69, 9.17) is 16.6 Å². The fourth-order valence-electron chi connectivity index (χ4n) is 2.28. The number of nitrogens with zero attached hydrogens (tertiary/aromatic N) is 3. The molecule has 0 amide bonds. The molecule has 1 aromatic heterocycles. The van der Waals surface area contributed by atoms with Crippen LogP contribution in [0.1, 0.15) is 58.8 Å². The van der Waals surface area contributed by atoms with E-state index >= 15 is 0 Å². The van der Waals surface area contributed by atoms with Crippen molar-refractivity contribution in [3.63, 3.8) is 0 Å². The van der Waals surface area contributed by atoms with Gasteiger partial charge in [-0.2, -0.15) is 0 Å². The second-order valence-electron chi connectivity index (χ2n) is 7.31. The SMILES string of the molecule is Cc1c(Cl)nc(C(C)(C)C)nc1N(CC(C)C)C1CC1. The van der Waals surface area contributed by atoms with Crippen LogP contribution in [0.4, 0.5) is 5.82 Å². The number of aromatic nitrogens is 2. The molecule has 1 fully saturated rings. The van der Waals surface area contributed by atoms with Crippen LogP contribution in [0.3, 0.4) is 0 Å². The molecular weight excluding hydrogens is 270 g/mol. The van der Waals surface area contributed by atoms with Crippen molar-refractivity contribution in [2.75, 3.05) is 11.4 Å². The number of halogens is 1. The van der Waals surface area contributed by atoms with Gasteiger partial charge >= 0.3 is 0 Å². The first-order chi connectivity index (χ1) is 9.20. The van der Waals surface area contributed by atoms with Gasteiger partial charge in [0.05, 0.1) is 0 Å². The molecule has 0 aliphatic heterocycles. The van der Waals surface area contributed by atoms with E-state index in [1.54, 1.807) is 0 Å². The van der Waals surface area contributed by atoms with Crippen molar-refractivity contribution in [3.05, 3.63) is 16.5 Å². The first-order valence-corrected chi connectivity index (χ1v) is 7.89. The molecule has 4 heteroatoms. The smallest absolute Gasteiger partial charge is 0.137 e. The lowest BCUT2D eigenvalue weighted by molar-refractivity contribution is 0.539. The van der Waals surface area contributed by atoms with E-state index in [9.17, 15) is 0 Å². The Morgan fingerprint density at radius 1 is 1.25 bits per heavy atom. The van der Waals surface area contributed by atoms with Gasteiger partial charge in [0.25, 0.3) is 0 Å². The summed E-state index contributed by atoms with van der Waals surface area (Å²) in [5, 5.41) is 0.592. The summed E-state index contributed by atoms with van der Waals surface area (Å²) in [5.41, 5.74) is 0.922. The van der Waals surface area contributed by atoms with Crippen LogP contribution in [0.2, 0.25) is 5.15 Å². The molecule has 0 saturated heterocycles. The highest BCUT2D eigenvalue weighted by atomic mass is 35.5. The van der Waals surface area contributed by atoms with Crippen molar-refractivity contribution in [1.29, 1.82) is 0 Å². The van der Waals surface area contributed by atoms with E-state index in [1.165, 1.54) is 12.8 Å². The fraction of sp³-hybridized carbons (Fsp3) is 0.750. The van der Waals surface area contributed by atoms with Gasteiger partial charge in [0.15, 0.2) is 0 Å². The molecule has 0 aromatic carbocycles. The van der Waals surface area contributed by atoms with Gasteiger partial charge in [0.2, 0.25) is 0 Å². The quantitative estimate of drug-likeness (QED) is 0.773. The van der Waals surface area contributed by atoms with Crippen LogP contribution >= 0.6 is 11.6 Å². The highest BCUT2D eigenvalue weighted by Gasteiger charge is 2.33. The Bertz CT molecular complexity index is 487. The molecular formula is C16H26ClN3. The van der Waals surface area contributed by atoms with Gasteiger partial charge in [-0.05, 0) is 25.7 Å². The average Bonchev–Trinajstić information content (AvgIpc) is 3.12. The topological polar surface area (TPSA) is 29.0 Å². The van der Waals surface area contributed by atoms with Gasteiger partial charge in [-0.15, -0.1) is 0 Å². The van der Waals surface area contributed by atoms with E-state index in [2.05, 4.69) is 44.5 Å². The third kappa shape index (κ3) is 3.43. The van der Waals surface area contributed by atoms with Crippen molar-refractivity contribution in [3.8, 4) is 0 Å². The lowest BCUT2D eigenvalue weighted by Crippen LogP contribution is -2.32. The van der Waals surface area contributed by atoms with Crippen LogP contribution in [-0.2, 0) is 5.41 Å². The Kier molecular flexibility index (Phi) is 4.29. The molecule has 0 radical (unpaired) electrons. The molecule has 1 aliphatic carbocycles. The maximum absolute atomic E-state index is 6.35. The number of rotatable bonds is 4. The van der Waals surface area contributed by atoms with E-state index in [-0.39, 0.29) is 5.41 Å². The van der Waals surface area contributed by atoms with E-state index in [0.717, 1.165) is 23.8 Å². The molecule has 1 heterocycles. The number of hydrogen-bond donors (Lipinski definition) is 0. The van der Waals surface area contributed by atoms with E-state index in [1.807, 2.05) is 6.92 Å². The molecule has 3 nitrogen and oxygen atoms in total. The first kappa shape index (κ1) is 15.6. The zero-order chi connectivity index (χ0) is 15.1. The molecule has 0 atom stereocenters. The fourth-order valence-corrected chi connectivity index (χ4v) is 2.45. The summed E-state index contributed by atoms with van der Waals surface area (Å²) >= 11 is 6.35. The van der Waals surface area contributed by atoms with Crippen LogP contribution in [0.5, 0.6) is 0 Å². The molecule has 112 valence electrons. The van der Waals surface area contributed by atoms with Gasteiger partial charge in [-0.1, -0.05) is 46.2 Å². The van der Waals surface area contributed by atoms with Crippen LogP contribution in [0, 0.1) is 12.8 Å². The molecule has 2 rings (SSSR count). The Labute approximate surface area is 127 Å². The monoisotopic (exact) mass is 295 g/mol. The summed E-state index contributed by atoms with van der Waals surface area (Å²) in [6.45, 7) is 13.9. The first-order valence-electron chi connectivity index (χ1n) is 7.51.